The molecule has 0 aliphatic carbocycles. The Morgan fingerprint density at radius 2 is 0.617 bits per heavy atom. The molecule has 0 heterocycles. The van der Waals surface area contributed by atoms with E-state index in [1.165, 1.54) is 340 Å². The molecule has 480 valence electrons. The van der Waals surface area contributed by atoms with Crippen LogP contribution in [-0.4, -0.2) is 47.4 Å². The number of carbonyl (C=O) groups is 2. The Morgan fingerprint density at radius 1 is 0.346 bits per heavy atom. The maximum atomic E-state index is 12.5. The van der Waals surface area contributed by atoms with E-state index < -0.39 is 12.1 Å². The summed E-state index contributed by atoms with van der Waals surface area (Å²) in [5, 5.41) is 23.4. The van der Waals surface area contributed by atoms with Crippen LogP contribution >= 0.6 is 0 Å². The average molecular weight is 1140 g/mol. The van der Waals surface area contributed by atoms with Crippen LogP contribution in [0.1, 0.15) is 418 Å². The van der Waals surface area contributed by atoms with Gasteiger partial charge in [0.05, 0.1) is 25.4 Å². The van der Waals surface area contributed by atoms with Crippen molar-refractivity contribution in [3.8, 4) is 0 Å². The second kappa shape index (κ2) is 70.8. The van der Waals surface area contributed by atoms with Gasteiger partial charge in [-0.05, 0) is 57.8 Å². The molecule has 0 aliphatic heterocycles. The smallest absolute Gasteiger partial charge is 0.305 e. The lowest BCUT2D eigenvalue weighted by atomic mass is 10.0. The zero-order valence-corrected chi connectivity index (χ0v) is 55.0. The van der Waals surface area contributed by atoms with Crippen LogP contribution in [0.4, 0.5) is 0 Å². The summed E-state index contributed by atoms with van der Waals surface area (Å²) in [5.74, 6) is -0.0178. The molecule has 2 atom stereocenters. The molecule has 0 fully saturated rings. The van der Waals surface area contributed by atoms with Crippen molar-refractivity contribution in [2.24, 2.45) is 0 Å². The van der Waals surface area contributed by atoms with E-state index in [-0.39, 0.29) is 18.5 Å². The molecule has 6 heteroatoms. The minimum Gasteiger partial charge on any atom is -0.466 e. The maximum absolute atomic E-state index is 12.5. The number of hydrogen-bond acceptors (Lipinski definition) is 5. The van der Waals surface area contributed by atoms with Gasteiger partial charge in [-0.25, -0.2) is 0 Å². The lowest BCUT2D eigenvalue weighted by Crippen LogP contribution is -2.45. The third-order valence-electron chi connectivity index (χ3n) is 17.5. The molecular weight excluding hydrogens is 995 g/mol. The van der Waals surface area contributed by atoms with Gasteiger partial charge in [0, 0.05) is 12.8 Å². The molecule has 0 radical (unpaired) electrons. The van der Waals surface area contributed by atoms with Crippen LogP contribution < -0.4 is 5.32 Å². The fourth-order valence-electron chi connectivity index (χ4n) is 11.9. The van der Waals surface area contributed by atoms with E-state index >= 15 is 0 Å². The zero-order valence-electron chi connectivity index (χ0n) is 55.0. The number of rotatable bonds is 70. The number of allylic oxidation sites excluding steroid dienone is 4. The number of amides is 1. The van der Waals surface area contributed by atoms with E-state index in [0.29, 0.717) is 25.9 Å². The van der Waals surface area contributed by atoms with Gasteiger partial charge >= 0.3 is 5.97 Å². The highest BCUT2D eigenvalue weighted by atomic mass is 16.5. The summed E-state index contributed by atoms with van der Waals surface area (Å²) in [6, 6.07) is -0.544. The van der Waals surface area contributed by atoms with E-state index in [1.54, 1.807) is 0 Å². The Morgan fingerprint density at radius 3 is 0.938 bits per heavy atom. The molecule has 1 amide bonds. The van der Waals surface area contributed by atoms with Crippen LogP contribution in [0.25, 0.3) is 0 Å². The first-order chi connectivity index (χ1) is 40.0. The minimum absolute atomic E-state index is 0.0164. The Bertz CT molecular complexity index is 1270. The summed E-state index contributed by atoms with van der Waals surface area (Å²) in [5.41, 5.74) is 0. The molecule has 0 aliphatic rings. The largest absolute Gasteiger partial charge is 0.466 e. The zero-order chi connectivity index (χ0) is 58.5. The van der Waals surface area contributed by atoms with E-state index in [1.807, 2.05) is 0 Å². The van der Waals surface area contributed by atoms with E-state index in [0.717, 1.165) is 44.9 Å². The highest BCUT2D eigenvalue weighted by molar-refractivity contribution is 5.76. The van der Waals surface area contributed by atoms with Crippen molar-refractivity contribution in [2.45, 2.75) is 431 Å². The number of ether oxygens (including phenoxy) is 1. The van der Waals surface area contributed by atoms with Crippen LogP contribution in [0.3, 0.4) is 0 Å². The molecule has 0 saturated carbocycles. The Hall–Kier alpha value is -1.66. The topological polar surface area (TPSA) is 95.9 Å². The summed E-state index contributed by atoms with van der Waals surface area (Å²) >= 11 is 0. The summed E-state index contributed by atoms with van der Waals surface area (Å²) in [7, 11) is 0. The van der Waals surface area contributed by atoms with Crippen molar-refractivity contribution in [2.75, 3.05) is 13.2 Å². The molecule has 0 rings (SSSR count). The minimum atomic E-state index is -0.667. The molecule has 6 nitrogen and oxygen atoms in total. The van der Waals surface area contributed by atoms with Gasteiger partial charge in [0.25, 0.3) is 0 Å². The van der Waals surface area contributed by atoms with Gasteiger partial charge < -0.3 is 20.3 Å². The first-order valence-corrected chi connectivity index (χ1v) is 37.1. The standard InChI is InChI=1S/C75H145NO5/c1-3-5-7-9-11-13-15-17-19-21-32-37-41-45-49-53-57-61-65-69-75(80)81-70-66-62-58-54-50-46-42-38-34-31-29-27-25-23-24-26-28-30-33-36-40-44-48-52-56-60-64-68-74(79)76-72(71-77)73(78)67-63-59-55-51-47-43-39-35-22-20-18-16-14-12-10-8-6-4-2/h23-24,27,29,72-73,77-78H,3-22,25-26,28,30-71H2,1-2H3,(H,76,79)/b24-23-,29-27-. The molecule has 0 bridgehead atoms. The molecule has 0 aromatic heterocycles. The number of aliphatic hydroxyl groups is 2. The maximum Gasteiger partial charge on any atom is 0.305 e. The monoisotopic (exact) mass is 1140 g/mol. The fourth-order valence-corrected chi connectivity index (χ4v) is 11.9. The van der Waals surface area contributed by atoms with Gasteiger partial charge in [-0.1, -0.05) is 372 Å². The van der Waals surface area contributed by atoms with Gasteiger partial charge in [-0.3, -0.25) is 9.59 Å². The molecule has 0 aromatic rings. The number of unbranched alkanes of at least 4 members (excludes halogenated alkanes) is 55. The third-order valence-corrected chi connectivity index (χ3v) is 17.5. The van der Waals surface area contributed by atoms with Crippen molar-refractivity contribution in [3.63, 3.8) is 0 Å². The normalized spacial score (nSPS) is 12.6. The fraction of sp³-hybridized carbons (Fsp3) is 0.920. The average Bonchev–Trinajstić information content (AvgIpc) is 3.47. The number of nitrogens with one attached hydrogen (secondary N) is 1. The molecule has 0 aromatic carbocycles. The molecule has 3 N–H and O–H groups in total. The molecule has 81 heavy (non-hydrogen) atoms. The molecule has 0 saturated heterocycles. The van der Waals surface area contributed by atoms with Gasteiger partial charge in [-0.15, -0.1) is 0 Å². The number of aliphatic hydroxyl groups excluding tert-OH is 2. The van der Waals surface area contributed by atoms with Crippen molar-refractivity contribution >= 4 is 11.9 Å². The van der Waals surface area contributed by atoms with Crippen LogP contribution in [0.5, 0.6) is 0 Å². The summed E-state index contributed by atoms with van der Waals surface area (Å²) in [6.45, 7) is 5.00. The summed E-state index contributed by atoms with van der Waals surface area (Å²) in [6.07, 6.45) is 89.5. The summed E-state index contributed by atoms with van der Waals surface area (Å²) < 4.78 is 5.51. The van der Waals surface area contributed by atoms with Crippen molar-refractivity contribution in [3.05, 3.63) is 24.3 Å². The SMILES string of the molecule is CCCCCCCCCCCCCCCCCCCCCC(=O)OCCCCCCCCCCC/C=C\C/C=C\CCCCCCCCCCCCCC(=O)NC(CO)C(O)CCCCCCCCCCCCCCCCCCCC. The van der Waals surface area contributed by atoms with Crippen LogP contribution in [0, 0.1) is 0 Å². The Balaban J connectivity index is 3.39. The predicted octanol–water partition coefficient (Wildman–Crippen LogP) is 24.1. The van der Waals surface area contributed by atoms with E-state index in [4.69, 9.17) is 4.74 Å². The second-order valence-corrected chi connectivity index (χ2v) is 25.6. The Labute approximate surface area is 507 Å². The lowest BCUT2D eigenvalue weighted by molar-refractivity contribution is -0.143. The highest BCUT2D eigenvalue weighted by Crippen LogP contribution is 2.19. The van der Waals surface area contributed by atoms with Crippen molar-refractivity contribution in [1.82, 2.24) is 5.32 Å². The number of hydrogen-bond donors (Lipinski definition) is 3. The first kappa shape index (κ1) is 79.3. The molecular formula is C75H145NO5. The van der Waals surface area contributed by atoms with E-state index in [9.17, 15) is 19.8 Å². The second-order valence-electron chi connectivity index (χ2n) is 25.6. The Kier molecular flexibility index (Phi) is 69.4. The van der Waals surface area contributed by atoms with Crippen molar-refractivity contribution < 1.29 is 24.5 Å². The summed E-state index contributed by atoms with van der Waals surface area (Å²) in [4.78, 5) is 24.7. The number of carbonyl (C=O) groups excluding carboxylic acids is 2. The van der Waals surface area contributed by atoms with Crippen LogP contribution in [0.2, 0.25) is 0 Å². The van der Waals surface area contributed by atoms with Gasteiger partial charge in [0.2, 0.25) is 5.91 Å². The van der Waals surface area contributed by atoms with Crippen LogP contribution in [-0.2, 0) is 14.3 Å². The molecule has 2 unspecified atom stereocenters. The van der Waals surface area contributed by atoms with Gasteiger partial charge in [0.15, 0.2) is 0 Å². The quantitative estimate of drug-likeness (QED) is 0.0320. The van der Waals surface area contributed by atoms with E-state index in [2.05, 4.69) is 43.5 Å². The van der Waals surface area contributed by atoms with Crippen LogP contribution in [0.15, 0.2) is 24.3 Å². The number of esters is 1. The first-order valence-electron chi connectivity index (χ1n) is 37.1. The predicted molar refractivity (Wildman–Crippen MR) is 356 cm³/mol. The van der Waals surface area contributed by atoms with Crippen molar-refractivity contribution in [1.29, 1.82) is 0 Å². The van der Waals surface area contributed by atoms with Gasteiger partial charge in [0.1, 0.15) is 0 Å². The lowest BCUT2D eigenvalue weighted by Gasteiger charge is -2.22. The van der Waals surface area contributed by atoms with Gasteiger partial charge in [-0.2, -0.15) is 0 Å². The highest BCUT2D eigenvalue weighted by Gasteiger charge is 2.20. The molecule has 0 spiro atoms. The third kappa shape index (κ3) is 67.3.